The van der Waals surface area contributed by atoms with Gasteiger partial charge in [-0.3, -0.25) is 4.79 Å². The molecular formula is C13H14BrF4NO. The first-order chi connectivity index (χ1) is 9.13. The van der Waals surface area contributed by atoms with Crippen molar-refractivity contribution in [3.05, 3.63) is 35.1 Å². The highest BCUT2D eigenvalue weighted by Crippen LogP contribution is 2.30. The van der Waals surface area contributed by atoms with Crippen molar-refractivity contribution >= 4 is 21.8 Å². The molecule has 0 saturated heterocycles. The summed E-state index contributed by atoms with van der Waals surface area (Å²) in [5.74, 6) is -1.85. The van der Waals surface area contributed by atoms with Crippen molar-refractivity contribution in [3.8, 4) is 0 Å². The molecule has 0 radical (unpaired) electrons. The second kappa shape index (κ2) is 6.11. The minimum Gasteiger partial charge on any atom is -0.346 e. The highest BCUT2D eigenvalue weighted by atomic mass is 79.9. The Balaban J connectivity index is 3.10. The van der Waals surface area contributed by atoms with Gasteiger partial charge in [-0.25, -0.2) is 4.39 Å². The molecule has 20 heavy (non-hydrogen) atoms. The Morgan fingerprint density at radius 3 is 2.40 bits per heavy atom. The van der Waals surface area contributed by atoms with E-state index in [4.69, 9.17) is 0 Å². The third-order valence-electron chi connectivity index (χ3n) is 3.03. The molecule has 1 aromatic carbocycles. The minimum atomic E-state index is -4.62. The van der Waals surface area contributed by atoms with Crippen molar-refractivity contribution in [3.63, 3.8) is 0 Å². The number of carbonyl (C=O) groups excluding carboxylic acids is 1. The molecule has 0 spiro atoms. The predicted octanol–water partition coefficient (Wildman–Crippen LogP) is 4.14. The quantitative estimate of drug-likeness (QED) is 0.638. The number of alkyl halides is 4. The summed E-state index contributed by atoms with van der Waals surface area (Å²) in [6, 6.07) is 1.78. The van der Waals surface area contributed by atoms with Crippen LogP contribution in [0.3, 0.4) is 0 Å². The first kappa shape index (κ1) is 16.9. The summed E-state index contributed by atoms with van der Waals surface area (Å²) >= 11 is 3.21. The zero-order valence-electron chi connectivity index (χ0n) is 10.9. The van der Waals surface area contributed by atoms with E-state index in [2.05, 4.69) is 21.2 Å². The number of carbonyl (C=O) groups is 1. The van der Waals surface area contributed by atoms with Gasteiger partial charge >= 0.3 is 6.18 Å². The average molecular weight is 356 g/mol. The molecule has 2 nitrogen and oxygen atoms in total. The van der Waals surface area contributed by atoms with Crippen molar-refractivity contribution < 1.29 is 22.4 Å². The van der Waals surface area contributed by atoms with Crippen LogP contribution in [0.2, 0.25) is 0 Å². The summed E-state index contributed by atoms with van der Waals surface area (Å²) in [6.45, 7) is 3.52. The van der Waals surface area contributed by atoms with Crippen molar-refractivity contribution in [2.75, 3.05) is 5.33 Å². The van der Waals surface area contributed by atoms with Gasteiger partial charge in [0.15, 0.2) is 0 Å². The molecule has 0 bridgehead atoms. The van der Waals surface area contributed by atoms with E-state index in [0.29, 0.717) is 30.0 Å². The van der Waals surface area contributed by atoms with Crippen molar-refractivity contribution in [1.29, 1.82) is 0 Å². The molecule has 1 atom stereocenters. The predicted molar refractivity (Wildman–Crippen MR) is 71.4 cm³/mol. The van der Waals surface area contributed by atoms with E-state index < -0.39 is 34.6 Å². The maximum Gasteiger partial charge on any atom is 0.416 e. The molecule has 1 aromatic rings. The Bertz CT molecular complexity index is 498. The van der Waals surface area contributed by atoms with Crippen LogP contribution in [0.5, 0.6) is 0 Å². The van der Waals surface area contributed by atoms with E-state index in [1.165, 1.54) is 0 Å². The molecule has 7 heteroatoms. The fourth-order valence-corrected chi connectivity index (χ4v) is 1.97. The number of nitrogens with one attached hydrogen (secondary N) is 1. The van der Waals surface area contributed by atoms with E-state index in [-0.39, 0.29) is 0 Å². The summed E-state index contributed by atoms with van der Waals surface area (Å²) < 4.78 is 51.3. The number of amides is 1. The van der Waals surface area contributed by atoms with Crippen LogP contribution in [0, 0.1) is 5.82 Å². The third-order valence-corrected chi connectivity index (χ3v) is 4.27. The standard InChI is InChI=1S/C13H14BrF4NO/c1-3-12(2,7-14)19-11(20)9-6-8(13(16,17)18)4-5-10(9)15/h4-6H,3,7H2,1-2H3,(H,19,20). The second-order valence-corrected chi connectivity index (χ2v) is 5.26. The van der Waals surface area contributed by atoms with Gasteiger partial charge < -0.3 is 5.32 Å². The monoisotopic (exact) mass is 355 g/mol. The number of hydrogen-bond donors (Lipinski definition) is 1. The van der Waals surface area contributed by atoms with Crippen LogP contribution in [-0.2, 0) is 6.18 Å². The zero-order chi connectivity index (χ0) is 15.6. The minimum absolute atomic E-state index is 0.406. The van der Waals surface area contributed by atoms with Crippen LogP contribution in [0.1, 0.15) is 36.2 Å². The van der Waals surface area contributed by atoms with Gasteiger partial charge in [-0.1, -0.05) is 22.9 Å². The largest absolute Gasteiger partial charge is 0.416 e. The van der Waals surface area contributed by atoms with Crippen LogP contribution in [0.25, 0.3) is 0 Å². The Morgan fingerprint density at radius 1 is 1.35 bits per heavy atom. The lowest BCUT2D eigenvalue weighted by Gasteiger charge is -2.27. The van der Waals surface area contributed by atoms with E-state index in [9.17, 15) is 22.4 Å². The molecular weight excluding hydrogens is 342 g/mol. The lowest BCUT2D eigenvalue weighted by Crippen LogP contribution is -2.47. The molecule has 0 saturated carbocycles. The fourth-order valence-electron chi connectivity index (χ4n) is 1.43. The fraction of sp³-hybridized carbons (Fsp3) is 0.462. The van der Waals surface area contributed by atoms with Gasteiger partial charge in [0.1, 0.15) is 5.82 Å². The Labute approximate surface area is 122 Å². The topological polar surface area (TPSA) is 29.1 Å². The van der Waals surface area contributed by atoms with Crippen molar-refractivity contribution in [2.45, 2.75) is 32.0 Å². The van der Waals surface area contributed by atoms with Gasteiger partial charge in [0.25, 0.3) is 5.91 Å². The first-order valence-electron chi connectivity index (χ1n) is 5.88. The smallest absolute Gasteiger partial charge is 0.346 e. The molecule has 1 rings (SSSR count). The molecule has 1 unspecified atom stereocenters. The Kier molecular flexibility index (Phi) is 5.18. The molecule has 0 heterocycles. The normalized spacial score (nSPS) is 14.8. The van der Waals surface area contributed by atoms with Crippen LogP contribution >= 0.6 is 15.9 Å². The van der Waals surface area contributed by atoms with E-state index in [1.807, 2.05) is 6.92 Å². The number of hydrogen-bond acceptors (Lipinski definition) is 1. The van der Waals surface area contributed by atoms with Gasteiger partial charge in [-0.15, -0.1) is 0 Å². The van der Waals surface area contributed by atoms with Crippen molar-refractivity contribution in [2.24, 2.45) is 0 Å². The summed E-state index contributed by atoms with van der Waals surface area (Å²) in [5.41, 5.74) is -2.32. The molecule has 112 valence electrons. The number of halogens is 5. The molecule has 1 N–H and O–H groups in total. The van der Waals surface area contributed by atoms with E-state index in [1.54, 1.807) is 6.92 Å². The molecule has 0 aliphatic rings. The summed E-state index contributed by atoms with van der Waals surface area (Å²) in [7, 11) is 0. The molecule has 0 aromatic heterocycles. The number of rotatable bonds is 4. The molecule has 1 amide bonds. The van der Waals surface area contributed by atoms with Gasteiger partial charge in [-0.2, -0.15) is 13.2 Å². The number of benzene rings is 1. The molecule has 0 aliphatic carbocycles. The maximum atomic E-state index is 13.6. The van der Waals surface area contributed by atoms with E-state index in [0.717, 1.165) is 0 Å². The van der Waals surface area contributed by atoms with Crippen LogP contribution in [0.15, 0.2) is 18.2 Å². The van der Waals surface area contributed by atoms with Crippen LogP contribution in [0.4, 0.5) is 17.6 Å². The van der Waals surface area contributed by atoms with Crippen LogP contribution in [-0.4, -0.2) is 16.8 Å². The average Bonchev–Trinajstić information content (AvgIpc) is 2.37. The summed E-state index contributed by atoms with van der Waals surface area (Å²) in [6.07, 6.45) is -4.07. The van der Waals surface area contributed by atoms with Gasteiger partial charge in [0.05, 0.1) is 11.1 Å². The van der Waals surface area contributed by atoms with Crippen molar-refractivity contribution in [1.82, 2.24) is 5.32 Å². The molecule has 0 fully saturated rings. The second-order valence-electron chi connectivity index (χ2n) is 4.69. The van der Waals surface area contributed by atoms with Gasteiger partial charge in [-0.05, 0) is 31.5 Å². The first-order valence-corrected chi connectivity index (χ1v) is 7.00. The summed E-state index contributed by atoms with van der Waals surface area (Å²) in [5, 5.41) is 2.94. The highest BCUT2D eigenvalue weighted by molar-refractivity contribution is 9.09. The van der Waals surface area contributed by atoms with Crippen LogP contribution < -0.4 is 5.32 Å². The summed E-state index contributed by atoms with van der Waals surface area (Å²) in [4.78, 5) is 11.9. The SMILES string of the molecule is CCC(C)(CBr)NC(=O)c1cc(C(F)(F)F)ccc1F. The lowest BCUT2D eigenvalue weighted by molar-refractivity contribution is -0.137. The zero-order valence-corrected chi connectivity index (χ0v) is 12.5. The van der Waals surface area contributed by atoms with Gasteiger partial charge in [0.2, 0.25) is 0 Å². The van der Waals surface area contributed by atoms with E-state index >= 15 is 0 Å². The third kappa shape index (κ3) is 3.94. The van der Waals surface area contributed by atoms with Gasteiger partial charge in [0, 0.05) is 10.9 Å². The Morgan fingerprint density at radius 2 is 1.95 bits per heavy atom. The lowest BCUT2D eigenvalue weighted by atomic mass is 10.0. The Hall–Kier alpha value is -1.11. The molecule has 0 aliphatic heterocycles. The highest BCUT2D eigenvalue weighted by Gasteiger charge is 2.32. The maximum absolute atomic E-state index is 13.6.